The number of benzene rings is 2. The summed E-state index contributed by atoms with van der Waals surface area (Å²) in [5.74, 6) is 0. The maximum absolute atomic E-state index is 11.6. The zero-order valence-corrected chi connectivity index (χ0v) is 15.5. The van der Waals surface area contributed by atoms with Gasteiger partial charge in [-0.15, -0.1) is 11.8 Å². The predicted octanol–water partition coefficient (Wildman–Crippen LogP) is 4.52. The second-order valence-electron chi connectivity index (χ2n) is 5.30. The Bertz CT molecular complexity index is 980. The minimum absolute atomic E-state index is 0.291. The molecule has 0 atom stereocenters. The van der Waals surface area contributed by atoms with Gasteiger partial charge in [-0.1, -0.05) is 29.8 Å². The number of hydrogen-bond donors (Lipinski definition) is 1. The third-order valence-electron chi connectivity index (χ3n) is 3.67. The number of halogens is 1. The van der Waals surface area contributed by atoms with E-state index in [9.17, 15) is 8.42 Å². The zero-order chi connectivity index (χ0) is 17.3. The summed E-state index contributed by atoms with van der Waals surface area (Å²) in [5.41, 5.74) is 3.55. The van der Waals surface area contributed by atoms with E-state index in [2.05, 4.69) is 10.2 Å². The number of thioether (sulfide) groups is 1. The number of nitrogens with zero attached hydrogens (tertiary/aromatic N) is 1. The lowest BCUT2D eigenvalue weighted by Crippen LogP contribution is -1.96. The van der Waals surface area contributed by atoms with Crippen LogP contribution in [0.25, 0.3) is 22.4 Å². The summed E-state index contributed by atoms with van der Waals surface area (Å²) in [6.45, 7) is 0. The van der Waals surface area contributed by atoms with Crippen LogP contribution < -0.4 is 0 Å². The number of aromatic nitrogens is 2. The van der Waals surface area contributed by atoms with Crippen LogP contribution in [0.5, 0.6) is 0 Å². The quantitative estimate of drug-likeness (QED) is 0.678. The van der Waals surface area contributed by atoms with Gasteiger partial charge in [0.2, 0.25) is 0 Å². The van der Waals surface area contributed by atoms with Crippen molar-refractivity contribution in [1.82, 2.24) is 10.2 Å². The van der Waals surface area contributed by atoms with E-state index >= 15 is 0 Å². The molecule has 0 fully saturated rings. The van der Waals surface area contributed by atoms with E-state index in [1.54, 1.807) is 42.2 Å². The van der Waals surface area contributed by atoms with E-state index in [4.69, 9.17) is 11.6 Å². The lowest BCUT2D eigenvalue weighted by Gasteiger charge is -2.07. The Kier molecular flexibility index (Phi) is 4.71. The Morgan fingerprint density at radius 3 is 2.33 bits per heavy atom. The summed E-state index contributed by atoms with van der Waals surface area (Å²) in [6.07, 6.45) is 4.91. The van der Waals surface area contributed by atoms with Crippen molar-refractivity contribution in [3.8, 4) is 22.4 Å². The van der Waals surface area contributed by atoms with Gasteiger partial charge in [0.1, 0.15) is 0 Å². The van der Waals surface area contributed by atoms with Crippen molar-refractivity contribution in [3.05, 3.63) is 53.7 Å². The first-order valence-corrected chi connectivity index (χ1v) is 10.6. The minimum atomic E-state index is -3.21. The Morgan fingerprint density at radius 2 is 1.75 bits per heavy atom. The highest BCUT2D eigenvalue weighted by atomic mass is 35.5. The highest BCUT2D eigenvalue weighted by molar-refractivity contribution is 7.98. The van der Waals surface area contributed by atoms with Crippen LogP contribution in [-0.2, 0) is 9.84 Å². The van der Waals surface area contributed by atoms with E-state index in [1.165, 1.54) is 6.26 Å². The van der Waals surface area contributed by atoms with Crippen LogP contribution in [0.15, 0.2) is 58.5 Å². The molecule has 4 nitrogen and oxygen atoms in total. The molecule has 0 amide bonds. The molecule has 124 valence electrons. The fourth-order valence-corrected chi connectivity index (χ4v) is 3.93. The van der Waals surface area contributed by atoms with Gasteiger partial charge >= 0.3 is 0 Å². The number of hydrogen-bond acceptors (Lipinski definition) is 4. The molecule has 3 rings (SSSR count). The van der Waals surface area contributed by atoms with Crippen LogP contribution in [0.2, 0.25) is 5.02 Å². The molecule has 7 heteroatoms. The van der Waals surface area contributed by atoms with Gasteiger partial charge in [0, 0.05) is 22.3 Å². The van der Waals surface area contributed by atoms with E-state index in [0.717, 1.165) is 27.3 Å². The minimum Gasteiger partial charge on any atom is -0.277 e. The molecule has 0 spiro atoms. The van der Waals surface area contributed by atoms with Crippen LogP contribution in [0.4, 0.5) is 0 Å². The van der Waals surface area contributed by atoms with Crippen molar-refractivity contribution in [1.29, 1.82) is 0 Å². The van der Waals surface area contributed by atoms with Crippen LogP contribution in [0, 0.1) is 0 Å². The van der Waals surface area contributed by atoms with Gasteiger partial charge in [-0.05, 0) is 36.1 Å². The van der Waals surface area contributed by atoms with Crippen LogP contribution in [0.3, 0.4) is 0 Å². The van der Waals surface area contributed by atoms with Gasteiger partial charge < -0.3 is 0 Å². The first-order valence-electron chi connectivity index (χ1n) is 7.08. The van der Waals surface area contributed by atoms with E-state index in [-0.39, 0.29) is 0 Å². The number of sulfone groups is 1. The molecule has 0 aliphatic rings. The summed E-state index contributed by atoms with van der Waals surface area (Å²) in [4.78, 5) is 1.31. The summed E-state index contributed by atoms with van der Waals surface area (Å²) < 4.78 is 23.2. The molecule has 1 N–H and O–H groups in total. The van der Waals surface area contributed by atoms with Crippen molar-refractivity contribution in [2.24, 2.45) is 0 Å². The molecule has 0 aliphatic carbocycles. The molecule has 0 aliphatic heterocycles. The zero-order valence-electron chi connectivity index (χ0n) is 13.1. The highest BCUT2D eigenvalue weighted by Gasteiger charge is 2.13. The summed E-state index contributed by atoms with van der Waals surface area (Å²) >= 11 is 7.89. The molecule has 0 radical (unpaired) electrons. The SMILES string of the molecule is CSc1ccc(-c2cn[nH]c2-c2ccc(S(C)(=O)=O)cc2)cc1Cl. The lowest BCUT2D eigenvalue weighted by atomic mass is 10.0. The van der Waals surface area contributed by atoms with E-state index in [1.807, 2.05) is 24.5 Å². The van der Waals surface area contributed by atoms with Gasteiger partial charge in [0.05, 0.1) is 21.8 Å². The van der Waals surface area contributed by atoms with Crippen LogP contribution in [-0.4, -0.2) is 31.1 Å². The molecular weight excluding hydrogens is 364 g/mol. The monoisotopic (exact) mass is 378 g/mol. The summed E-state index contributed by atoms with van der Waals surface area (Å²) in [5, 5.41) is 7.80. The molecule has 0 unspecified atom stereocenters. The smallest absolute Gasteiger partial charge is 0.175 e. The predicted molar refractivity (Wildman–Crippen MR) is 99.4 cm³/mol. The van der Waals surface area contributed by atoms with Crippen LogP contribution in [0.1, 0.15) is 0 Å². The fraction of sp³-hybridized carbons (Fsp3) is 0.118. The van der Waals surface area contributed by atoms with Gasteiger partial charge in [0.25, 0.3) is 0 Å². The molecule has 0 saturated heterocycles. The third-order valence-corrected chi connectivity index (χ3v) is 6.02. The third kappa shape index (κ3) is 3.36. The Labute approximate surface area is 150 Å². The fourth-order valence-electron chi connectivity index (χ4n) is 2.43. The Balaban J connectivity index is 2.03. The highest BCUT2D eigenvalue weighted by Crippen LogP contribution is 2.34. The lowest BCUT2D eigenvalue weighted by molar-refractivity contribution is 0.602. The number of nitrogens with one attached hydrogen (secondary N) is 1. The summed E-state index contributed by atoms with van der Waals surface area (Å²) in [6, 6.07) is 12.6. The average Bonchev–Trinajstić information content (AvgIpc) is 3.03. The topological polar surface area (TPSA) is 62.8 Å². The summed E-state index contributed by atoms with van der Waals surface area (Å²) in [7, 11) is -3.21. The maximum Gasteiger partial charge on any atom is 0.175 e. The first-order chi connectivity index (χ1) is 11.4. The van der Waals surface area contributed by atoms with Crippen molar-refractivity contribution in [3.63, 3.8) is 0 Å². The van der Waals surface area contributed by atoms with Crippen molar-refractivity contribution in [2.75, 3.05) is 12.5 Å². The van der Waals surface area contributed by atoms with Gasteiger partial charge in [-0.2, -0.15) is 5.10 Å². The second-order valence-corrected chi connectivity index (χ2v) is 8.58. The second kappa shape index (κ2) is 6.63. The van der Waals surface area contributed by atoms with Gasteiger partial charge in [0.15, 0.2) is 9.84 Å². The van der Waals surface area contributed by atoms with E-state index < -0.39 is 9.84 Å². The molecule has 0 saturated carbocycles. The van der Waals surface area contributed by atoms with Gasteiger partial charge in [-0.3, -0.25) is 5.10 Å². The van der Waals surface area contributed by atoms with Crippen molar-refractivity contribution >= 4 is 33.2 Å². The van der Waals surface area contributed by atoms with Crippen molar-refractivity contribution in [2.45, 2.75) is 9.79 Å². The van der Waals surface area contributed by atoms with E-state index in [0.29, 0.717) is 9.92 Å². The molecule has 3 aromatic rings. The normalized spacial score (nSPS) is 11.6. The molecule has 24 heavy (non-hydrogen) atoms. The number of H-pyrrole nitrogens is 1. The van der Waals surface area contributed by atoms with Crippen molar-refractivity contribution < 1.29 is 8.42 Å². The first kappa shape index (κ1) is 17.1. The van der Waals surface area contributed by atoms with Crippen LogP contribution >= 0.6 is 23.4 Å². The molecule has 0 bridgehead atoms. The number of rotatable bonds is 4. The largest absolute Gasteiger partial charge is 0.277 e. The Hall–Kier alpha value is -1.76. The standard InChI is InChI=1S/C17H15ClN2O2S2/c1-23-16-8-5-12(9-15(16)18)14-10-19-20-17(14)11-3-6-13(7-4-11)24(2,21)22/h3-10H,1-2H3,(H,19,20). The number of aromatic amines is 1. The Morgan fingerprint density at radius 1 is 1.08 bits per heavy atom. The molecular formula is C17H15ClN2O2S2. The molecule has 1 heterocycles. The molecule has 1 aromatic heterocycles. The molecule has 2 aromatic carbocycles. The average molecular weight is 379 g/mol. The van der Waals surface area contributed by atoms with Gasteiger partial charge in [-0.25, -0.2) is 8.42 Å². The maximum atomic E-state index is 11.6.